The van der Waals surface area contributed by atoms with E-state index in [4.69, 9.17) is 0 Å². The number of nitrogens with one attached hydrogen (secondary N) is 3. The monoisotopic (exact) mass is 331 g/mol. The predicted octanol–water partition coefficient (Wildman–Crippen LogP) is 2.08. The van der Waals surface area contributed by atoms with Gasteiger partial charge in [0.1, 0.15) is 6.54 Å². The highest BCUT2D eigenvalue weighted by atomic mass is 19.4. The fourth-order valence-corrected chi connectivity index (χ4v) is 1.84. The van der Waals surface area contributed by atoms with Crippen LogP contribution in [0.1, 0.15) is 22.8 Å². The first-order valence-corrected chi connectivity index (χ1v) is 7.05. The average molecular weight is 331 g/mol. The van der Waals surface area contributed by atoms with Gasteiger partial charge in [-0.1, -0.05) is 13.0 Å². The second-order valence-electron chi connectivity index (χ2n) is 5.28. The van der Waals surface area contributed by atoms with Gasteiger partial charge in [0.05, 0.1) is 0 Å². The minimum Gasteiger partial charge on any atom is -0.343 e. The first-order valence-electron chi connectivity index (χ1n) is 7.05. The van der Waals surface area contributed by atoms with E-state index < -0.39 is 18.6 Å². The number of alkyl halides is 3. The summed E-state index contributed by atoms with van der Waals surface area (Å²) in [6.45, 7) is 2.55. The molecule has 128 valence electrons. The maximum Gasteiger partial charge on any atom is 0.405 e. The Morgan fingerprint density at radius 3 is 2.48 bits per heavy atom. The molecule has 0 fully saturated rings. The van der Waals surface area contributed by atoms with Crippen molar-refractivity contribution in [1.82, 2.24) is 10.6 Å². The molecule has 0 saturated heterocycles. The largest absolute Gasteiger partial charge is 0.405 e. The molecule has 5 nitrogen and oxygen atoms in total. The lowest BCUT2D eigenvalue weighted by atomic mass is 10.1. The number of aryl methyl sites for hydroxylation is 1. The molecule has 8 heteroatoms. The summed E-state index contributed by atoms with van der Waals surface area (Å²) in [5.74, 6) is -1.38. The van der Waals surface area contributed by atoms with Gasteiger partial charge in [0.25, 0.3) is 5.91 Å². The molecule has 1 atom stereocenters. The molecule has 0 heterocycles. The lowest BCUT2D eigenvalue weighted by Crippen LogP contribution is -2.33. The van der Waals surface area contributed by atoms with Crippen LogP contribution in [0.3, 0.4) is 0 Å². The zero-order valence-corrected chi connectivity index (χ0v) is 13.2. The van der Waals surface area contributed by atoms with Crippen LogP contribution in [0.2, 0.25) is 0 Å². The van der Waals surface area contributed by atoms with E-state index in [-0.39, 0.29) is 17.4 Å². The van der Waals surface area contributed by atoms with Crippen LogP contribution in [-0.4, -0.2) is 38.1 Å². The second-order valence-corrected chi connectivity index (χ2v) is 5.28. The van der Waals surface area contributed by atoms with Gasteiger partial charge in [0.2, 0.25) is 5.91 Å². The standard InChI is InChI=1S/C15H20F3N3O2/c1-9-4-5-11(14(23)20-8-15(16,17)18)6-12(9)21-13(22)10(2)7-19-3/h4-6,10,19H,7-8H2,1-3H3,(H,20,23)(H,21,22). The summed E-state index contributed by atoms with van der Waals surface area (Å²) in [5.41, 5.74) is 1.16. The molecule has 1 rings (SSSR count). The van der Waals surface area contributed by atoms with E-state index in [2.05, 4.69) is 10.6 Å². The Hall–Kier alpha value is -2.09. The maximum absolute atomic E-state index is 12.1. The third-order valence-electron chi connectivity index (χ3n) is 3.16. The summed E-state index contributed by atoms with van der Waals surface area (Å²) in [6.07, 6.45) is -4.47. The minimum atomic E-state index is -4.47. The summed E-state index contributed by atoms with van der Waals surface area (Å²) >= 11 is 0. The van der Waals surface area contributed by atoms with Gasteiger partial charge >= 0.3 is 6.18 Å². The van der Waals surface area contributed by atoms with Gasteiger partial charge in [0, 0.05) is 23.7 Å². The molecule has 0 spiro atoms. The molecule has 1 unspecified atom stereocenters. The topological polar surface area (TPSA) is 70.2 Å². The predicted molar refractivity (Wildman–Crippen MR) is 81.3 cm³/mol. The molecule has 1 aromatic carbocycles. The van der Waals surface area contributed by atoms with E-state index in [1.165, 1.54) is 12.1 Å². The first kappa shape index (κ1) is 19.0. The van der Waals surface area contributed by atoms with Crippen LogP contribution in [0.5, 0.6) is 0 Å². The highest BCUT2D eigenvalue weighted by Crippen LogP contribution is 2.18. The zero-order chi connectivity index (χ0) is 17.6. The van der Waals surface area contributed by atoms with E-state index in [0.717, 1.165) is 0 Å². The Balaban J connectivity index is 2.83. The average Bonchev–Trinajstić information content (AvgIpc) is 2.46. The Morgan fingerprint density at radius 1 is 1.26 bits per heavy atom. The third kappa shape index (κ3) is 6.27. The molecule has 1 aromatic rings. The fraction of sp³-hybridized carbons (Fsp3) is 0.467. The van der Waals surface area contributed by atoms with Crippen LogP contribution in [0.15, 0.2) is 18.2 Å². The van der Waals surface area contributed by atoms with E-state index in [1.54, 1.807) is 32.3 Å². The van der Waals surface area contributed by atoms with Gasteiger partial charge in [-0.05, 0) is 31.7 Å². The van der Waals surface area contributed by atoms with Crippen molar-refractivity contribution in [3.63, 3.8) is 0 Å². The number of hydrogen-bond acceptors (Lipinski definition) is 3. The Kier molecular flexibility index (Phi) is 6.56. The van der Waals surface area contributed by atoms with E-state index >= 15 is 0 Å². The van der Waals surface area contributed by atoms with E-state index in [0.29, 0.717) is 17.8 Å². The molecule has 3 N–H and O–H groups in total. The van der Waals surface area contributed by atoms with Crippen molar-refractivity contribution in [3.05, 3.63) is 29.3 Å². The molecule has 0 saturated carbocycles. The number of anilines is 1. The summed E-state index contributed by atoms with van der Waals surface area (Å²) in [6, 6.07) is 4.35. The second kappa shape index (κ2) is 7.96. The van der Waals surface area contributed by atoms with E-state index in [1.807, 2.05) is 0 Å². The summed E-state index contributed by atoms with van der Waals surface area (Å²) in [7, 11) is 1.72. The quantitative estimate of drug-likeness (QED) is 0.747. The molecule has 0 bridgehead atoms. The highest BCUT2D eigenvalue weighted by Gasteiger charge is 2.28. The minimum absolute atomic E-state index is 0.0522. The fourth-order valence-electron chi connectivity index (χ4n) is 1.84. The SMILES string of the molecule is CNCC(C)C(=O)Nc1cc(C(=O)NCC(F)(F)F)ccc1C. The van der Waals surface area contributed by atoms with Crippen LogP contribution in [0.4, 0.5) is 18.9 Å². The van der Waals surface area contributed by atoms with Gasteiger partial charge in [0.15, 0.2) is 0 Å². The molecular weight excluding hydrogens is 311 g/mol. The van der Waals surface area contributed by atoms with E-state index in [9.17, 15) is 22.8 Å². The molecule has 0 radical (unpaired) electrons. The van der Waals surface area contributed by atoms with Crippen LogP contribution in [0, 0.1) is 12.8 Å². The molecule has 0 aliphatic carbocycles. The summed E-state index contributed by atoms with van der Waals surface area (Å²) in [5, 5.41) is 7.35. The number of hydrogen-bond donors (Lipinski definition) is 3. The first-order chi connectivity index (χ1) is 10.6. The maximum atomic E-state index is 12.1. The number of amides is 2. The van der Waals surface area contributed by atoms with Gasteiger partial charge in [-0.3, -0.25) is 9.59 Å². The van der Waals surface area contributed by atoms with Crippen LogP contribution in [-0.2, 0) is 4.79 Å². The summed E-state index contributed by atoms with van der Waals surface area (Å²) in [4.78, 5) is 23.7. The lowest BCUT2D eigenvalue weighted by molar-refractivity contribution is -0.123. The molecule has 0 aliphatic rings. The highest BCUT2D eigenvalue weighted by molar-refractivity contribution is 5.98. The van der Waals surface area contributed by atoms with Gasteiger partial charge in [-0.15, -0.1) is 0 Å². The van der Waals surface area contributed by atoms with Crippen molar-refractivity contribution in [2.75, 3.05) is 25.5 Å². The lowest BCUT2D eigenvalue weighted by Gasteiger charge is -2.14. The Morgan fingerprint density at radius 2 is 1.91 bits per heavy atom. The molecule has 0 aliphatic heterocycles. The molecule has 0 aromatic heterocycles. The summed E-state index contributed by atoms with van der Waals surface area (Å²) < 4.78 is 36.4. The number of carbonyl (C=O) groups excluding carboxylic acids is 2. The van der Waals surface area contributed by atoms with Crippen LogP contribution < -0.4 is 16.0 Å². The zero-order valence-electron chi connectivity index (χ0n) is 13.2. The van der Waals surface area contributed by atoms with Crippen LogP contribution in [0.25, 0.3) is 0 Å². The van der Waals surface area contributed by atoms with Crippen molar-refractivity contribution in [2.24, 2.45) is 5.92 Å². The van der Waals surface area contributed by atoms with Gasteiger partial charge < -0.3 is 16.0 Å². The van der Waals surface area contributed by atoms with Crippen molar-refractivity contribution in [1.29, 1.82) is 0 Å². The number of benzene rings is 1. The van der Waals surface area contributed by atoms with Crippen LogP contribution >= 0.6 is 0 Å². The Labute approximate surface area is 132 Å². The van der Waals surface area contributed by atoms with Crippen molar-refractivity contribution in [3.8, 4) is 0 Å². The Bertz CT molecular complexity index is 574. The number of halogens is 3. The van der Waals surface area contributed by atoms with Crippen molar-refractivity contribution < 1.29 is 22.8 Å². The van der Waals surface area contributed by atoms with Crippen molar-refractivity contribution in [2.45, 2.75) is 20.0 Å². The molecule has 23 heavy (non-hydrogen) atoms. The van der Waals surface area contributed by atoms with Gasteiger partial charge in [-0.2, -0.15) is 13.2 Å². The van der Waals surface area contributed by atoms with Crippen molar-refractivity contribution >= 4 is 17.5 Å². The third-order valence-corrected chi connectivity index (χ3v) is 3.16. The normalized spacial score (nSPS) is 12.6. The number of carbonyl (C=O) groups is 2. The smallest absolute Gasteiger partial charge is 0.343 e. The number of rotatable bonds is 6. The molecule has 2 amide bonds. The van der Waals surface area contributed by atoms with Gasteiger partial charge in [-0.25, -0.2) is 0 Å². The molecular formula is C15H20F3N3O2.